The van der Waals surface area contributed by atoms with Crippen molar-refractivity contribution >= 4 is 5.71 Å². The van der Waals surface area contributed by atoms with Crippen LogP contribution in [0.15, 0.2) is 66.5 Å². The zero-order valence-electron chi connectivity index (χ0n) is 9.95. The fourth-order valence-corrected chi connectivity index (χ4v) is 1.81. The van der Waals surface area contributed by atoms with Gasteiger partial charge < -0.3 is 5.21 Å². The van der Waals surface area contributed by atoms with E-state index in [1.54, 1.807) is 12.3 Å². The minimum absolute atomic E-state index is 0.480. The van der Waals surface area contributed by atoms with Gasteiger partial charge in [-0.15, -0.1) is 6.58 Å². The van der Waals surface area contributed by atoms with Gasteiger partial charge in [0.25, 0.3) is 0 Å². The normalized spacial score (nSPS) is 11.2. The molecule has 2 aromatic rings. The van der Waals surface area contributed by atoms with E-state index in [0.717, 1.165) is 11.1 Å². The third-order valence-electron chi connectivity index (χ3n) is 2.63. The molecule has 1 aromatic heterocycles. The van der Waals surface area contributed by atoms with Crippen LogP contribution in [0, 0.1) is 0 Å². The summed E-state index contributed by atoms with van der Waals surface area (Å²) < 4.78 is 0. The molecule has 0 fully saturated rings. The van der Waals surface area contributed by atoms with Crippen molar-refractivity contribution in [2.75, 3.05) is 0 Å². The molecule has 0 bridgehead atoms. The number of benzene rings is 1. The number of hydrogen-bond donors (Lipinski definition) is 1. The Kier molecular flexibility index (Phi) is 3.86. The zero-order chi connectivity index (χ0) is 12.8. The summed E-state index contributed by atoms with van der Waals surface area (Å²) in [6, 6.07) is 13.3. The van der Waals surface area contributed by atoms with Crippen LogP contribution >= 0.6 is 0 Å². The van der Waals surface area contributed by atoms with Crippen molar-refractivity contribution in [1.82, 2.24) is 4.98 Å². The average Bonchev–Trinajstić information content (AvgIpc) is 2.43. The molecule has 0 saturated carbocycles. The zero-order valence-corrected chi connectivity index (χ0v) is 9.95. The summed E-state index contributed by atoms with van der Waals surface area (Å²) in [6.45, 7) is 3.72. The molecule has 0 radical (unpaired) electrons. The summed E-state index contributed by atoms with van der Waals surface area (Å²) in [6.07, 6.45) is 4.19. The molecule has 0 aliphatic rings. The number of allylic oxidation sites excluding steroid dienone is 1. The Labute approximate surface area is 106 Å². The first-order chi connectivity index (χ1) is 8.86. The van der Waals surface area contributed by atoms with Crippen LogP contribution < -0.4 is 0 Å². The highest BCUT2D eigenvalue weighted by Crippen LogP contribution is 2.14. The van der Waals surface area contributed by atoms with Gasteiger partial charge >= 0.3 is 0 Å². The summed E-state index contributed by atoms with van der Waals surface area (Å²) in [4.78, 5) is 4.31. The smallest absolute Gasteiger partial charge is 0.135 e. The van der Waals surface area contributed by atoms with Crippen LogP contribution in [0.4, 0.5) is 0 Å². The van der Waals surface area contributed by atoms with E-state index in [1.807, 2.05) is 42.5 Å². The van der Waals surface area contributed by atoms with Crippen molar-refractivity contribution in [3.63, 3.8) is 0 Å². The number of oxime groups is 1. The minimum atomic E-state index is 0.480. The SMILES string of the molecule is C=CCc1cccnc1C(=NO)c1ccccc1. The number of hydrogen-bond acceptors (Lipinski definition) is 3. The van der Waals surface area contributed by atoms with Gasteiger partial charge in [-0.2, -0.15) is 0 Å². The third kappa shape index (κ3) is 2.46. The maximum absolute atomic E-state index is 9.25. The maximum Gasteiger partial charge on any atom is 0.135 e. The first-order valence-corrected chi connectivity index (χ1v) is 5.69. The highest BCUT2D eigenvalue weighted by atomic mass is 16.4. The molecule has 0 aliphatic heterocycles. The van der Waals surface area contributed by atoms with Crippen LogP contribution in [0.3, 0.4) is 0 Å². The molecule has 3 nitrogen and oxygen atoms in total. The number of pyridine rings is 1. The Morgan fingerprint density at radius 1 is 1.22 bits per heavy atom. The predicted molar refractivity (Wildman–Crippen MR) is 72.0 cm³/mol. The van der Waals surface area contributed by atoms with Gasteiger partial charge in [-0.25, -0.2) is 0 Å². The Morgan fingerprint density at radius 3 is 2.67 bits per heavy atom. The second-order valence-electron chi connectivity index (χ2n) is 3.82. The first kappa shape index (κ1) is 12.0. The van der Waals surface area contributed by atoms with Gasteiger partial charge in [-0.3, -0.25) is 4.98 Å². The molecule has 3 heteroatoms. The fraction of sp³-hybridized carbons (Fsp3) is 0.0667. The predicted octanol–water partition coefficient (Wildman–Crippen LogP) is 3.04. The van der Waals surface area contributed by atoms with E-state index in [9.17, 15) is 5.21 Å². The summed E-state index contributed by atoms with van der Waals surface area (Å²) in [7, 11) is 0. The molecular formula is C15H14N2O. The van der Waals surface area contributed by atoms with Crippen molar-refractivity contribution in [3.8, 4) is 0 Å². The lowest BCUT2D eigenvalue weighted by Crippen LogP contribution is -2.09. The molecule has 0 atom stereocenters. The minimum Gasteiger partial charge on any atom is -0.410 e. The summed E-state index contributed by atoms with van der Waals surface area (Å²) >= 11 is 0. The van der Waals surface area contributed by atoms with E-state index in [0.29, 0.717) is 17.8 Å². The Balaban J connectivity index is 2.49. The number of nitrogens with zero attached hydrogens (tertiary/aromatic N) is 2. The lowest BCUT2D eigenvalue weighted by Gasteiger charge is -2.08. The number of rotatable bonds is 4. The van der Waals surface area contributed by atoms with E-state index >= 15 is 0 Å². The molecule has 90 valence electrons. The highest BCUT2D eigenvalue weighted by Gasteiger charge is 2.12. The third-order valence-corrected chi connectivity index (χ3v) is 2.63. The molecule has 1 heterocycles. The van der Waals surface area contributed by atoms with Crippen LogP contribution in [-0.4, -0.2) is 15.9 Å². The molecule has 1 aromatic carbocycles. The Hall–Kier alpha value is -2.42. The molecule has 0 spiro atoms. The standard InChI is InChI=1S/C15H14N2O/c1-2-7-12-10-6-11-16-14(12)15(17-18)13-8-4-3-5-9-13/h2-6,8-11,18H,1,7H2. The van der Waals surface area contributed by atoms with Gasteiger partial charge in [0.1, 0.15) is 5.71 Å². The van der Waals surface area contributed by atoms with Gasteiger partial charge in [0.15, 0.2) is 0 Å². The monoisotopic (exact) mass is 238 g/mol. The molecule has 0 amide bonds. The van der Waals surface area contributed by atoms with Crippen LogP contribution in [-0.2, 0) is 6.42 Å². The van der Waals surface area contributed by atoms with Crippen molar-refractivity contribution in [1.29, 1.82) is 0 Å². The summed E-state index contributed by atoms with van der Waals surface area (Å²) in [5.74, 6) is 0. The summed E-state index contributed by atoms with van der Waals surface area (Å²) in [5, 5.41) is 12.6. The average molecular weight is 238 g/mol. The van der Waals surface area contributed by atoms with Gasteiger partial charge in [0.05, 0.1) is 5.69 Å². The van der Waals surface area contributed by atoms with Crippen molar-refractivity contribution in [2.24, 2.45) is 5.16 Å². The quantitative estimate of drug-likeness (QED) is 0.385. The van der Waals surface area contributed by atoms with E-state index in [1.165, 1.54) is 0 Å². The Morgan fingerprint density at radius 2 is 2.00 bits per heavy atom. The highest BCUT2D eigenvalue weighted by molar-refractivity contribution is 6.12. The van der Waals surface area contributed by atoms with E-state index in [2.05, 4.69) is 16.7 Å². The molecule has 0 aliphatic carbocycles. The lowest BCUT2D eigenvalue weighted by molar-refractivity contribution is 0.319. The van der Waals surface area contributed by atoms with Crippen LogP contribution in [0.1, 0.15) is 16.8 Å². The van der Waals surface area contributed by atoms with Crippen molar-refractivity contribution in [3.05, 3.63) is 78.1 Å². The van der Waals surface area contributed by atoms with Gasteiger partial charge in [-0.1, -0.05) is 47.6 Å². The first-order valence-electron chi connectivity index (χ1n) is 5.69. The molecule has 0 saturated heterocycles. The maximum atomic E-state index is 9.25. The molecule has 2 rings (SSSR count). The molecule has 18 heavy (non-hydrogen) atoms. The van der Waals surface area contributed by atoms with Gasteiger partial charge in [-0.05, 0) is 18.1 Å². The second-order valence-corrected chi connectivity index (χ2v) is 3.82. The van der Waals surface area contributed by atoms with Gasteiger partial charge in [0.2, 0.25) is 0 Å². The molecular weight excluding hydrogens is 224 g/mol. The van der Waals surface area contributed by atoms with Crippen LogP contribution in [0.2, 0.25) is 0 Å². The van der Waals surface area contributed by atoms with Crippen molar-refractivity contribution < 1.29 is 5.21 Å². The van der Waals surface area contributed by atoms with Gasteiger partial charge in [0, 0.05) is 11.8 Å². The fourth-order valence-electron chi connectivity index (χ4n) is 1.81. The largest absolute Gasteiger partial charge is 0.410 e. The Bertz CT molecular complexity index is 562. The second kappa shape index (κ2) is 5.77. The van der Waals surface area contributed by atoms with E-state index in [-0.39, 0.29) is 0 Å². The number of aromatic nitrogens is 1. The van der Waals surface area contributed by atoms with Crippen molar-refractivity contribution in [2.45, 2.75) is 6.42 Å². The molecule has 1 N–H and O–H groups in total. The lowest BCUT2D eigenvalue weighted by atomic mass is 10.0. The summed E-state index contributed by atoms with van der Waals surface area (Å²) in [5.41, 5.74) is 2.99. The van der Waals surface area contributed by atoms with E-state index < -0.39 is 0 Å². The molecule has 0 unspecified atom stereocenters. The van der Waals surface area contributed by atoms with Crippen LogP contribution in [0.25, 0.3) is 0 Å². The van der Waals surface area contributed by atoms with Crippen LogP contribution in [0.5, 0.6) is 0 Å². The van der Waals surface area contributed by atoms with E-state index in [4.69, 9.17) is 0 Å². The topological polar surface area (TPSA) is 45.5 Å².